The predicted octanol–water partition coefficient (Wildman–Crippen LogP) is 1.31. The van der Waals surface area contributed by atoms with Gasteiger partial charge in [0.15, 0.2) is 5.69 Å². The summed E-state index contributed by atoms with van der Waals surface area (Å²) in [6.45, 7) is 6.03. The standard InChI is InChI=1S/C16H21N5O2/c1-3-21-11(2)9-14(19-21)15(22)20-8-4-5-12(10-20)13-6-7-17-16(23)18-13/h6-7,9,12H,3-5,8,10H2,1-2H3,(H,17,18,23)/t12-/m0/s1. The van der Waals surface area contributed by atoms with Crippen molar-refractivity contribution in [1.29, 1.82) is 0 Å². The quantitative estimate of drug-likeness (QED) is 0.925. The Morgan fingerprint density at radius 2 is 2.30 bits per heavy atom. The van der Waals surface area contributed by atoms with E-state index in [1.165, 1.54) is 6.20 Å². The van der Waals surface area contributed by atoms with Crippen LogP contribution in [0.15, 0.2) is 23.1 Å². The monoisotopic (exact) mass is 315 g/mol. The number of rotatable bonds is 3. The Labute approximate surface area is 134 Å². The minimum Gasteiger partial charge on any atom is -0.337 e. The summed E-state index contributed by atoms with van der Waals surface area (Å²) in [5, 5.41) is 4.37. The Morgan fingerprint density at radius 3 is 3.00 bits per heavy atom. The first-order chi connectivity index (χ1) is 11.1. The van der Waals surface area contributed by atoms with Crippen LogP contribution in [0, 0.1) is 6.92 Å². The molecule has 1 amide bonds. The van der Waals surface area contributed by atoms with Crippen molar-refractivity contribution in [2.24, 2.45) is 0 Å². The molecule has 0 aliphatic carbocycles. The van der Waals surface area contributed by atoms with Gasteiger partial charge in [-0.25, -0.2) is 9.78 Å². The third-order valence-corrected chi connectivity index (χ3v) is 4.35. The summed E-state index contributed by atoms with van der Waals surface area (Å²) in [6, 6.07) is 3.65. The molecule has 23 heavy (non-hydrogen) atoms. The molecule has 0 unspecified atom stereocenters. The number of piperidine rings is 1. The summed E-state index contributed by atoms with van der Waals surface area (Å²) in [5.41, 5.74) is 1.98. The number of nitrogens with one attached hydrogen (secondary N) is 1. The molecule has 1 atom stereocenters. The van der Waals surface area contributed by atoms with Gasteiger partial charge in [0.2, 0.25) is 0 Å². The van der Waals surface area contributed by atoms with Gasteiger partial charge in [-0.05, 0) is 38.8 Å². The van der Waals surface area contributed by atoms with Gasteiger partial charge in [0.25, 0.3) is 5.91 Å². The molecular formula is C16H21N5O2. The van der Waals surface area contributed by atoms with E-state index < -0.39 is 0 Å². The second kappa shape index (κ2) is 6.36. The van der Waals surface area contributed by atoms with E-state index in [1.807, 2.05) is 35.6 Å². The summed E-state index contributed by atoms with van der Waals surface area (Å²) in [7, 11) is 0. The largest absolute Gasteiger partial charge is 0.345 e. The van der Waals surface area contributed by atoms with E-state index >= 15 is 0 Å². The molecule has 1 saturated heterocycles. The normalized spacial score (nSPS) is 18.2. The van der Waals surface area contributed by atoms with E-state index in [-0.39, 0.29) is 17.5 Å². The Hall–Kier alpha value is -2.44. The van der Waals surface area contributed by atoms with Crippen LogP contribution in [0.4, 0.5) is 0 Å². The molecule has 0 radical (unpaired) electrons. The fraction of sp³-hybridized carbons (Fsp3) is 0.500. The maximum absolute atomic E-state index is 12.7. The molecule has 1 aliphatic rings. The van der Waals surface area contributed by atoms with Crippen molar-refractivity contribution < 1.29 is 4.79 Å². The van der Waals surface area contributed by atoms with Gasteiger partial charge in [-0.1, -0.05) is 0 Å². The molecular weight excluding hydrogens is 294 g/mol. The van der Waals surface area contributed by atoms with Gasteiger partial charge < -0.3 is 9.88 Å². The number of aryl methyl sites for hydroxylation is 2. The lowest BCUT2D eigenvalue weighted by Crippen LogP contribution is -2.39. The third-order valence-electron chi connectivity index (χ3n) is 4.35. The van der Waals surface area contributed by atoms with Gasteiger partial charge in [-0.2, -0.15) is 5.10 Å². The number of nitrogens with zero attached hydrogens (tertiary/aromatic N) is 4. The van der Waals surface area contributed by atoms with Crippen molar-refractivity contribution in [3.05, 3.63) is 45.9 Å². The summed E-state index contributed by atoms with van der Waals surface area (Å²) in [6.07, 6.45) is 3.38. The second-order valence-electron chi connectivity index (χ2n) is 5.91. The zero-order chi connectivity index (χ0) is 16.4. The fourth-order valence-corrected chi connectivity index (χ4v) is 3.13. The van der Waals surface area contributed by atoms with Crippen LogP contribution in [0.1, 0.15) is 47.6 Å². The van der Waals surface area contributed by atoms with Crippen LogP contribution in [0.25, 0.3) is 0 Å². The number of aromatic nitrogens is 4. The van der Waals surface area contributed by atoms with Gasteiger partial charge in [-0.15, -0.1) is 0 Å². The van der Waals surface area contributed by atoms with Crippen LogP contribution in [0.3, 0.4) is 0 Å². The van der Waals surface area contributed by atoms with Crippen LogP contribution in [-0.4, -0.2) is 43.6 Å². The summed E-state index contributed by atoms with van der Waals surface area (Å²) >= 11 is 0. The highest BCUT2D eigenvalue weighted by Crippen LogP contribution is 2.25. The molecule has 3 heterocycles. The van der Waals surface area contributed by atoms with Crippen LogP contribution in [-0.2, 0) is 6.54 Å². The van der Waals surface area contributed by atoms with E-state index in [9.17, 15) is 9.59 Å². The van der Waals surface area contributed by atoms with Crippen molar-refractivity contribution in [3.63, 3.8) is 0 Å². The lowest BCUT2D eigenvalue weighted by atomic mass is 9.94. The van der Waals surface area contributed by atoms with Crippen LogP contribution < -0.4 is 5.69 Å². The zero-order valence-corrected chi connectivity index (χ0v) is 13.5. The number of amides is 1. The molecule has 1 aliphatic heterocycles. The molecule has 122 valence electrons. The number of H-pyrrole nitrogens is 1. The molecule has 7 nitrogen and oxygen atoms in total. The minimum absolute atomic E-state index is 0.0404. The molecule has 0 aromatic carbocycles. The highest BCUT2D eigenvalue weighted by molar-refractivity contribution is 5.92. The molecule has 0 bridgehead atoms. The van der Waals surface area contributed by atoms with Gasteiger partial charge >= 0.3 is 5.69 Å². The van der Waals surface area contributed by atoms with E-state index in [0.717, 1.165) is 37.3 Å². The average molecular weight is 315 g/mol. The highest BCUT2D eigenvalue weighted by Gasteiger charge is 2.27. The first kappa shape index (κ1) is 15.5. The van der Waals surface area contributed by atoms with E-state index in [0.29, 0.717) is 12.2 Å². The topological polar surface area (TPSA) is 83.9 Å². The van der Waals surface area contributed by atoms with Crippen molar-refractivity contribution in [2.75, 3.05) is 13.1 Å². The number of hydrogen-bond donors (Lipinski definition) is 1. The Morgan fingerprint density at radius 1 is 1.48 bits per heavy atom. The van der Waals surface area contributed by atoms with E-state index in [4.69, 9.17) is 0 Å². The lowest BCUT2D eigenvalue weighted by Gasteiger charge is -2.32. The minimum atomic E-state index is -0.344. The van der Waals surface area contributed by atoms with Gasteiger partial charge in [-0.3, -0.25) is 9.48 Å². The first-order valence-corrected chi connectivity index (χ1v) is 7.97. The molecule has 3 rings (SSSR count). The van der Waals surface area contributed by atoms with Crippen molar-refractivity contribution in [1.82, 2.24) is 24.6 Å². The van der Waals surface area contributed by atoms with Crippen LogP contribution in [0.2, 0.25) is 0 Å². The van der Waals surface area contributed by atoms with E-state index in [1.54, 1.807) is 0 Å². The zero-order valence-electron chi connectivity index (χ0n) is 13.5. The number of aromatic amines is 1. The van der Waals surface area contributed by atoms with Crippen molar-refractivity contribution in [3.8, 4) is 0 Å². The van der Waals surface area contributed by atoms with Gasteiger partial charge in [0.05, 0.1) is 0 Å². The Bertz CT molecular complexity index is 764. The van der Waals surface area contributed by atoms with Crippen LogP contribution in [0.5, 0.6) is 0 Å². The van der Waals surface area contributed by atoms with Crippen molar-refractivity contribution >= 4 is 5.91 Å². The molecule has 1 fully saturated rings. The molecule has 1 N–H and O–H groups in total. The molecule has 0 saturated carbocycles. The SMILES string of the molecule is CCn1nc(C(=O)N2CCC[C@H](c3ccnc(=O)[nH]3)C2)cc1C. The number of carbonyl (C=O) groups is 1. The number of carbonyl (C=O) groups excluding carboxylic acids is 1. The van der Waals surface area contributed by atoms with E-state index in [2.05, 4.69) is 15.1 Å². The Kier molecular flexibility index (Phi) is 4.27. The highest BCUT2D eigenvalue weighted by atomic mass is 16.2. The fourth-order valence-electron chi connectivity index (χ4n) is 3.13. The predicted molar refractivity (Wildman–Crippen MR) is 85.4 cm³/mol. The summed E-state index contributed by atoms with van der Waals surface area (Å²) in [4.78, 5) is 32.3. The molecule has 7 heteroatoms. The number of likely N-dealkylation sites (tertiary alicyclic amines) is 1. The molecule has 2 aromatic rings. The van der Waals surface area contributed by atoms with Crippen LogP contribution >= 0.6 is 0 Å². The third kappa shape index (κ3) is 3.18. The average Bonchev–Trinajstić information content (AvgIpc) is 2.95. The summed E-state index contributed by atoms with van der Waals surface area (Å²) < 4.78 is 1.83. The van der Waals surface area contributed by atoms with Gasteiger partial charge in [0, 0.05) is 43.1 Å². The Balaban J connectivity index is 1.77. The van der Waals surface area contributed by atoms with Crippen molar-refractivity contribution in [2.45, 2.75) is 39.2 Å². The molecule has 0 spiro atoms. The second-order valence-corrected chi connectivity index (χ2v) is 5.91. The first-order valence-electron chi connectivity index (χ1n) is 7.97. The number of hydrogen-bond acceptors (Lipinski definition) is 4. The molecule has 2 aromatic heterocycles. The maximum Gasteiger partial charge on any atom is 0.345 e. The summed E-state index contributed by atoms with van der Waals surface area (Å²) in [5.74, 6) is 0.0964. The maximum atomic E-state index is 12.7. The smallest absolute Gasteiger partial charge is 0.337 e. The lowest BCUT2D eigenvalue weighted by molar-refractivity contribution is 0.0699. The van der Waals surface area contributed by atoms with Gasteiger partial charge in [0.1, 0.15) is 0 Å².